The number of carboxylic acid groups (broad SMARTS) is 1. The Morgan fingerprint density at radius 1 is 1.58 bits per heavy atom. The molecular formula is C13H16FNO4. The van der Waals surface area contributed by atoms with Gasteiger partial charge in [-0.2, -0.15) is 0 Å². The molecule has 19 heavy (non-hydrogen) atoms. The molecule has 1 aromatic rings. The fraction of sp³-hybridized carbons (Fsp3) is 0.462. The molecule has 1 saturated heterocycles. The molecule has 2 rings (SSSR count). The van der Waals surface area contributed by atoms with Crippen LogP contribution in [-0.2, 0) is 14.9 Å². The van der Waals surface area contributed by atoms with Crippen molar-refractivity contribution in [2.75, 3.05) is 27.4 Å². The summed E-state index contributed by atoms with van der Waals surface area (Å²) in [6.45, 7) is 0.426. The quantitative estimate of drug-likeness (QED) is 0.826. The Bertz CT molecular complexity index is 488. The number of halogens is 1. The van der Waals surface area contributed by atoms with E-state index in [1.54, 1.807) is 7.05 Å². The number of benzene rings is 1. The van der Waals surface area contributed by atoms with Crippen molar-refractivity contribution < 1.29 is 23.8 Å². The zero-order valence-corrected chi connectivity index (χ0v) is 10.8. The van der Waals surface area contributed by atoms with Crippen molar-refractivity contribution >= 4 is 5.97 Å². The largest absolute Gasteiger partial charge is 0.496 e. The number of carbonyl (C=O) groups is 1. The van der Waals surface area contributed by atoms with E-state index in [0.29, 0.717) is 11.3 Å². The van der Waals surface area contributed by atoms with E-state index in [1.165, 1.54) is 25.3 Å². The number of methoxy groups -OCH3 is 1. The standard InChI is InChI=1S/C13H16FNO4/c1-15-11(12(16)17)13(6-19-7-13)9-5-8(14)3-4-10(9)18-2/h3-5,11,15H,6-7H2,1-2H3,(H,16,17). The third-order valence-corrected chi connectivity index (χ3v) is 3.51. The van der Waals surface area contributed by atoms with Crippen LogP contribution in [0.1, 0.15) is 5.56 Å². The van der Waals surface area contributed by atoms with E-state index < -0.39 is 23.2 Å². The fourth-order valence-electron chi connectivity index (χ4n) is 2.51. The minimum Gasteiger partial charge on any atom is -0.496 e. The van der Waals surface area contributed by atoms with Crippen LogP contribution in [0, 0.1) is 5.82 Å². The van der Waals surface area contributed by atoms with E-state index in [2.05, 4.69) is 5.32 Å². The maximum Gasteiger partial charge on any atom is 0.321 e. The van der Waals surface area contributed by atoms with Crippen molar-refractivity contribution in [3.63, 3.8) is 0 Å². The van der Waals surface area contributed by atoms with Gasteiger partial charge in [0.15, 0.2) is 0 Å². The third kappa shape index (κ3) is 2.17. The van der Waals surface area contributed by atoms with Gasteiger partial charge in [-0.05, 0) is 25.2 Å². The van der Waals surface area contributed by atoms with E-state index in [0.717, 1.165) is 0 Å². The van der Waals surface area contributed by atoms with Crippen molar-refractivity contribution in [3.05, 3.63) is 29.6 Å². The summed E-state index contributed by atoms with van der Waals surface area (Å²) in [6.07, 6.45) is 0. The molecule has 1 fully saturated rings. The zero-order chi connectivity index (χ0) is 14.0. The molecule has 1 aliphatic rings. The predicted octanol–water partition coefficient (Wildman–Crippen LogP) is 0.775. The van der Waals surface area contributed by atoms with Gasteiger partial charge < -0.3 is 19.9 Å². The van der Waals surface area contributed by atoms with Crippen LogP contribution in [0.15, 0.2) is 18.2 Å². The molecule has 6 heteroatoms. The van der Waals surface area contributed by atoms with Gasteiger partial charge in [0, 0.05) is 5.56 Å². The Hall–Kier alpha value is -1.66. The van der Waals surface area contributed by atoms with Gasteiger partial charge in [-0.3, -0.25) is 4.79 Å². The van der Waals surface area contributed by atoms with Crippen LogP contribution in [0.5, 0.6) is 5.75 Å². The lowest BCUT2D eigenvalue weighted by Crippen LogP contribution is -2.62. The highest BCUT2D eigenvalue weighted by Crippen LogP contribution is 2.41. The molecule has 0 saturated carbocycles. The van der Waals surface area contributed by atoms with Crippen molar-refractivity contribution in [1.82, 2.24) is 5.32 Å². The zero-order valence-electron chi connectivity index (χ0n) is 10.8. The molecule has 0 radical (unpaired) electrons. The van der Waals surface area contributed by atoms with Crippen molar-refractivity contribution in [3.8, 4) is 5.75 Å². The number of rotatable bonds is 5. The third-order valence-electron chi connectivity index (χ3n) is 3.51. The summed E-state index contributed by atoms with van der Waals surface area (Å²) < 4.78 is 23.9. The van der Waals surface area contributed by atoms with Gasteiger partial charge in [0.2, 0.25) is 0 Å². The first kappa shape index (κ1) is 13.8. The molecule has 1 atom stereocenters. The summed E-state index contributed by atoms with van der Waals surface area (Å²) in [5.41, 5.74) is -0.295. The number of hydrogen-bond donors (Lipinski definition) is 2. The predicted molar refractivity (Wildman–Crippen MR) is 65.9 cm³/mol. The monoisotopic (exact) mass is 269 g/mol. The highest BCUT2D eigenvalue weighted by molar-refractivity contribution is 5.77. The topological polar surface area (TPSA) is 67.8 Å². The Morgan fingerprint density at radius 3 is 2.68 bits per heavy atom. The first-order chi connectivity index (χ1) is 9.05. The summed E-state index contributed by atoms with van der Waals surface area (Å²) in [6, 6.07) is 3.23. The van der Waals surface area contributed by atoms with Gasteiger partial charge in [-0.1, -0.05) is 0 Å². The van der Waals surface area contributed by atoms with Crippen LogP contribution >= 0.6 is 0 Å². The normalized spacial score (nSPS) is 18.5. The Labute approximate surface area is 110 Å². The molecule has 0 aromatic heterocycles. The van der Waals surface area contributed by atoms with Crippen LogP contribution < -0.4 is 10.1 Å². The Morgan fingerprint density at radius 2 is 2.26 bits per heavy atom. The second-order valence-corrected chi connectivity index (χ2v) is 4.55. The first-order valence-corrected chi connectivity index (χ1v) is 5.87. The smallest absolute Gasteiger partial charge is 0.321 e. The number of carboxylic acids is 1. The van der Waals surface area contributed by atoms with Crippen LogP contribution in [-0.4, -0.2) is 44.5 Å². The fourth-order valence-corrected chi connectivity index (χ4v) is 2.51. The summed E-state index contributed by atoms with van der Waals surface area (Å²) in [5, 5.41) is 12.1. The molecule has 0 aliphatic carbocycles. The van der Waals surface area contributed by atoms with Crippen LogP contribution in [0.2, 0.25) is 0 Å². The molecular weight excluding hydrogens is 253 g/mol. The highest BCUT2D eigenvalue weighted by atomic mass is 19.1. The Balaban J connectivity index is 2.52. The number of hydrogen-bond acceptors (Lipinski definition) is 4. The summed E-state index contributed by atoms with van der Waals surface area (Å²) in [7, 11) is 3.03. The van der Waals surface area contributed by atoms with Gasteiger partial charge in [0.05, 0.1) is 25.7 Å². The average molecular weight is 269 g/mol. The van der Waals surface area contributed by atoms with Crippen molar-refractivity contribution in [2.45, 2.75) is 11.5 Å². The lowest BCUT2D eigenvalue weighted by atomic mass is 9.72. The number of ether oxygens (including phenoxy) is 2. The number of aliphatic carboxylic acids is 1. The molecule has 1 aliphatic heterocycles. The van der Waals surface area contributed by atoms with E-state index >= 15 is 0 Å². The molecule has 1 heterocycles. The van der Waals surface area contributed by atoms with E-state index in [4.69, 9.17) is 9.47 Å². The summed E-state index contributed by atoms with van der Waals surface area (Å²) in [5.74, 6) is -0.967. The Kier molecular flexibility index (Phi) is 3.73. The van der Waals surface area contributed by atoms with Crippen LogP contribution in [0.3, 0.4) is 0 Å². The molecule has 5 nitrogen and oxygen atoms in total. The molecule has 0 bridgehead atoms. The average Bonchev–Trinajstić information content (AvgIpc) is 2.33. The van der Waals surface area contributed by atoms with Gasteiger partial charge in [-0.15, -0.1) is 0 Å². The highest BCUT2D eigenvalue weighted by Gasteiger charge is 2.51. The second-order valence-electron chi connectivity index (χ2n) is 4.55. The maximum absolute atomic E-state index is 13.5. The van der Waals surface area contributed by atoms with E-state index in [9.17, 15) is 14.3 Å². The molecule has 0 spiro atoms. The molecule has 0 amide bonds. The first-order valence-electron chi connectivity index (χ1n) is 5.87. The van der Waals surface area contributed by atoms with Crippen molar-refractivity contribution in [2.24, 2.45) is 0 Å². The van der Waals surface area contributed by atoms with Gasteiger partial charge in [0.25, 0.3) is 0 Å². The molecule has 104 valence electrons. The van der Waals surface area contributed by atoms with Gasteiger partial charge >= 0.3 is 5.97 Å². The molecule has 2 N–H and O–H groups in total. The van der Waals surface area contributed by atoms with Gasteiger partial charge in [0.1, 0.15) is 17.6 Å². The van der Waals surface area contributed by atoms with Gasteiger partial charge in [-0.25, -0.2) is 4.39 Å². The van der Waals surface area contributed by atoms with E-state index in [-0.39, 0.29) is 13.2 Å². The number of nitrogens with one attached hydrogen (secondary N) is 1. The lowest BCUT2D eigenvalue weighted by molar-refractivity contribution is -0.150. The maximum atomic E-state index is 13.5. The SMILES string of the molecule is CNC(C(=O)O)C1(c2cc(F)ccc2OC)COC1. The van der Waals surface area contributed by atoms with E-state index in [1.807, 2.05) is 0 Å². The summed E-state index contributed by atoms with van der Waals surface area (Å²) in [4.78, 5) is 11.4. The molecule has 1 unspecified atom stereocenters. The second kappa shape index (κ2) is 5.14. The minimum atomic E-state index is -1.00. The van der Waals surface area contributed by atoms with Crippen LogP contribution in [0.25, 0.3) is 0 Å². The molecule has 1 aromatic carbocycles. The van der Waals surface area contributed by atoms with Crippen molar-refractivity contribution in [1.29, 1.82) is 0 Å². The minimum absolute atomic E-state index is 0.213. The lowest BCUT2D eigenvalue weighted by Gasteiger charge is -2.46. The number of likely N-dealkylation sites (N-methyl/N-ethyl adjacent to an activating group) is 1. The summed E-state index contributed by atoms with van der Waals surface area (Å²) >= 11 is 0. The van der Waals surface area contributed by atoms with Crippen LogP contribution in [0.4, 0.5) is 4.39 Å².